The zero-order valence-corrected chi connectivity index (χ0v) is 13.1. The maximum Gasteiger partial charge on any atom is 0.248 e. The lowest BCUT2D eigenvalue weighted by Crippen LogP contribution is -2.44. The van der Waals surface area contributed by atoms with Gasteiger partial charge >= 0.3 is 0 Å². The Hall–Kier alpha value is -1.41. The third kappa shape index (κ3) is 3.18. The third-order valence-electron chi connectivity index (χ3n) is 2.91. The van der Waals surface area contributed by atoms with Crippen LogP contribution in [0.3, 0.4) is 0 Å². The third-order valence-corrected chi connectivity index (χ3v) is 4.58. The van der Waals surface area contributed by atoms with Crippen LogP contribution in [0.15, 0.2) is 28.7 Å². The average molecular weight is 361 g/mol. The van der Waals surface area contributed by atoms with Gasteiger partial charge in [-0.05, 0) is 24.6 Å². The summed E-state index contributed by atoms with van der Waals surface area (Å²) in [7, 11) is -3.73. The van der Waals surface area contributed by atoms with E-state index in [0.29, 0.717) is 9.99 Å². The highest BCUT2D eigenvalue weighted by Crippen LogP contribution is 2.24. The van der Waals surface area contributed by atoms with Gasteiger partial charge < -0.3 is 5.32 Å². The summed E-state index contributed by atoms with van der Waals surface area (Å²) >= 11 is 3.28. The zero-order valence-electron chi connectivity index (χ0n) is 10.7. The number of hydrogen-bond donors (Lipinski definition) is 1. The fourth-order valence-corrected chi connectivity index (χ4v) is 3.63. The van der Waals surface area contributed by atoms with Gasteiger partial charge in [0.1, 0.15) is 6.04 Å². The Morgan fingerprint density at radius 1 is 1.45 bits per heavy atom. The highest BCUT2D eigenvalue weighted by molar-refractivity contribution is 9.10. The van der Waals surface area contributed by atoms with Gasteiger partial charge in [-0.3, -0.25) is 9.59 Å². The van der Waals surface area contributed by atoms with E-state index in [4.69, 9.17) is 0 Å². The van der Waals surface area contributed by atoms with Crippen LogP contribution in [0, 0.1) is 0 Å². The summed E-state index contributed by atoms with van der Waals surface area (Å²) in [4.78, 5) is 23.7. The van der Waals surface area contributed by atoms with Crippen LogP contribution in [0.1, 0.15) is 12.8 Å². The number of anilines is 1. The molecule has 2 amide bonds. The van der Waals surface area contributed by atoms with E-state index >= 15 is 0 Å². The van der Waals surface area contributed by atoms with E-state index in [2.05, 4.69) is 21.2 Å². The lowest BCUT2D eigenvalue weighted by atomic mass is 10.2. The molecule has 0 aliphatic carbocycles. The molecular formula is C12H13BrN2O4S. The summed E-state index contributed by atoms with van der Waals surface area (Å²) in [5.74, 6) is -1.04. The number of halogens is 1. The van der Waals surface area contributed by atoms with E-state index in [1.165, 1.54) is 0 Å². The van der Waals surface area contributed by atoms with Crippen LogP contribution >= 0.6 is 15.9 Å². The number of carbonyl (C=O) groups excluding carboxylic acids is 2. The number of sulfonamides is 1. The predicted octanol–water partition coefficient (Wildman–Crippen LogP) is 1.34. The van der Waals surface area contributed by atoms with Crippen molar-refractivity contribution in [3.05, 3.63) is 28.7 Å². The van der Waals surface area contributed by atoms with Crippen LogP contribution in [0.4, 0.5) is 5.69 Å². The van der Waals surface area contributed by atoms with Crippen molar-refractivity contribution >= 4 is 43.5 Å². The van der Waals surface area contributed by atoms with Crippen molar-refractivity contribution < 1.29 is 18.0 Å². The minimum absolute atomic E-state index is 0.0592. The summed E-state index contributed by atoms with van der Waals surface area (Å²) in [5, 5.41) is 2.62. The second kappa shape index (κ2) is 5.53. The summed E-state index contributed by atoms with van der Waals surface area (Å²) < 4.78 is 24.6. The van der Waals surface area contributed by atoms with Crippen LogP contribution in [-0.2, 0) is 19.6 Å². The first-order valence-electron chi connectivity index (χ1n) is 5.88. The Balaban J connectivity index is 2.19. The minimum atomic E-state index is -3.73. The summed E-state index contributed by atoms with van der Waals surface area (Å²) in [6, 6.07) is 5.95. The van der Waals surface area contributed by atoms with Crippen molar-refractivity contribution in [3.8, 4) is 0 Å². The lowest BCUT2D eigenvalue weighted by Gasteiger charge is -2.21. The fraction of sp³-hybridized carbons (Fsp3) is 0.333. The Morgan fingerprint density at radius 3 is 2.75 bits per heavy atom. The molecule has 0 radical (unpaired) electrons. The van der Waals surface area contributed by atoms with Crippen molar-refractivity contribution in [3.63, 3.8) is 0 Å². The highest BCUT2D eigenvalue weighted by atomic mass is 79.9. The molecule has 1 heterocycles. The van der Waals surface area contributed by atoms with E-state index < -0.39 is 27.9 Å². The predicted molar refractivity (Wildman–Crippen MR) is 77.5 cm³/mol. The topological polar surface area (TPSA) is 83.6 Å². The Labute approximate surface area is 125 Å². The van der Waals surface area contributed by atoms with E-state index in [-0.39, 0.29) is 12.8 Å². The zero-order chi connectivity index (χ0) is 14.9. The number of rotatable bonds is 3. The van der Waals surface area contributed by atoms with Crippen molar-refractivity contribution in [2.24, 2.45) is 0 Å². The Bertz CT molecular complexity index is 659. The van der Waals surface area contributed by atoms with Gasteiger partial charge in [0.15, 0.2) is 0 Å². The number of carbonyl (C=O) groups is 2. The van der Waals surface area contributed by atoms with Gasteiger partial charge in [0, 0.05) is 16.6 Å². The van der Waals surface area contributed by atoms with Crippen molar-refractivity contribution in [2.45, 2.75) is 18.9 Å². The molecule has 2 rings (SSSR count). The van der Waals surface area contributed by atoms with Crippen molar-refractivity contribution in [1.29, 1.82) is 0 Å². The average Bonchev–Trinajstić information content (AvgIpc) is 2.71. The van der Waals surface area contributed by atoms with Gasteiger partial charge in [0.05, 0.1) is 6.26 Å². The van der Waals surface area contributed by atoms with Gasteiger partial charge in [0.25, 0.3) is 0 Å². The lowest BCUT2D eigenvalue weighted by molar-refractivity contribution is -0.128. The molecule has 1 aromatic carbocycles. The molecule has 0 bridgehead atoms. The minimum Gasteiger partial charge on any atom is -0.324 e. The van der Waals surface area contributed by atoms with E-state index in [0.717, 1.165) is 10.7 Å². The molecule has 0 aromatic heterocycles. The SMILES string of the molecule is CS(=O)(=O)N1C(=O)CCC1C(=O)Nc1cccc(Br)c1. The van der Waals surface area contributed by atoms with Gasteiger partial charge in [-0.15, -0.1) is 0 Å². The van der Waals surface area contributed by atoms with Gasteiger partial charge in [-0.25, -0.2) is 12.7 Å². The molecule has 1 saturated heterocycles. The van der Waals surface area contributed by atoms with Crippen LogP contribution in [0.2, 0.25) is 0 Å². The largest absolute Gasteiger partial charge is 0.324 e. The van der Waals surface area contributed by atoms with Gasteiger partial charge in [-0.2, -0.15) is 0 Å². The molecule has 6 nitrogen and oxygen atoms in total. The fourth-order valence-electron chi connectivity index (χ4n) is 2.11. The van der Waals surface area contributed by atoms with Crippen LogP contribution in [0.25, 0.3) is 0 Å². The molecule has 1 atom stereocenters. The first kappa shape index (κ1) is 15.0. The van der Waals surface area contributed by atoms with Gasteiger partial charge in [-0.1, -0.05) is 22.0 Å². The first-order valence-corrected chi connectivity index (χ1v) is 8.52. The summed E-state index contributed by atoms with van der Waals surface area (Å²) in [5.41, 5.74) is 0.539. The maximum atomic E-state index is 12.1. The molecule has 20 heavy (non-hydrogen) atoms. The smallest absolute Gasteiger partial charge is 0.248 e. The molecule has 1 aliphatic heterocycles. The second-order valence-electron chi connectivity index (χ2n) is 4.51. The molecular weight excluding hydrogens is 348 g/mol. The summed E-state index contributed by atoms with van der Waals surface area (Å²) in [6.45, 7) is 0. The maximum absolute atomic E-state index is 12.1. The number of amides is 2. The molecule has 108 valence electrons. The van der Waals surface area contributed by atoms with E-state index in [1.54, 1.807) is 24.3 Å². The molecule has 8 heteroatoms. The molecule has 1 N–H and O–H groups in total. The number of hydrogen-bond acceptors (Lipinski definition) is 4. The quantitative estimate of drug-likeness (QED) is 0.881. The van der Waals surface area contributed by atoms with Crippen LogP contribution in [-0.4, -0.2) is 36.8 Å². The monoisotopic (exact) mass is 360 g/mol. The molecule has 0 saturated carbocycles. The van der Waals surface area contributed by atoms with Crippen molar-refractivity contribution in [1.82, 2.24) is 4.31 Å². The highest BCUT2D eigenvalue weighted by Gasteiger charge is 2.41. The second-order valence-corrected chi connectivity index (χ2v) is 7.28. The van der Waals surface area contributed by atoms with E-state index in [9.17, 15) is 18.0 Å². The number of nitrogens with zero attached hydrogens (tertiary/aromatic N) is 1. The molecule has 1 fully saturated rings. The molecule has 1 aliphatic rings. The van der Waals surface area contributed by atoms with Crippen LogP contribution < -0.4 is 5.32 Å². The normalized spacial score (nSPS) is 19.2. The number of nitrogens with one attached hydrogen (secondary N) is 1. The standard InChI is InChI=1S/C12H13BrN2O4S/c1-20(18,19)15-10(5-6-11(15)16)12(17)14-9-4-2-3-8(13)7-9/h2-4,7,10H,5-6H2,1H3,(H,14,17). The first-order chi connectivity index (χ1) is 9.29. The molecule has 0 spiro atoms. The van der Waals surface area contributed by atoms with Gasteiger partial charge in [0.2, 0.25) is 21.8 Å². The van der Waals surface area contributed by atoms with Crippen LogP contribution in [0.5, 0.6) is 0 Å². The molecule has 1 unspecified atom stereocenters. The van der Waals surface area contributed by atoms with Crippen molar-refractivity contribution in [2.75, 3.05) is 11.6 Å². The Morgan fingerprint density at radius 2 is 2.15 bits per heavy atom. The number of benzene rings is 1. The Kier molecular flexibility index (Phi) is 4.14. The summed E-state index contributed by atoms with van der Waals surface area (Å²) in [6.07, 6.45) is 1.19. The molecule has 1 aromatic rings. The van der Waals surface area contributed by atoms with E-state index in [1.807, 2.05) is 0 Å².